The van der Waals surface area contributed by atoms with Crippen LogP contribution in [0.4, 0.5) is 0 Å². The first kappa shape index (κ1) is 10.0. The van der Waals surface area contributed by atoms with Crippen molar-refractivity contribution in [1.82, 2.24) is 4.90 Å². The first-order valence-electron chi connectivity index (χ1n) is 2.86. The van der Waals surface area contributed by atoms with E-state index < -0.39 is 0 Å². The molecule has 0 heterocycles. The molecule has 0 aliphatic rings. The second-order valence-corrected chi connectivity index (χ2v) is 4.31. The Hall–Kier alpha value is 1.03. The van der Waals surface area contributed by atoms with E-state index >= 15 is 0 Å². The first-order valence-corrected chi connectivity index (χ1v) is 7.17. The van der Waals surface area contributed by atoms with Crippen LogP contribution < -0.4 is 0 Å². The van der Waals surface area contributed by atoms with Gasteiger partial charge in [-0.25, -0.2) is 0 Å². The molecule has 1 nitrogen and oxygen atoms in total. The summed E-state index contributed by atoms with van der Waals surface area (Å²) in [6.07, 6.45) is 0. The van der Waals surface area contributed by atoms with E-state index in [0.717, 1.165) is 17.4 Å². The van der Waals surface area contributed by atoms with Crippen LogP contribution in [0.3, 0.4) is 0 Å². The molecule has 0 saturated heterocycles. The van der Waals surface area contributed by atoms with E-state index in [9.17, 15) is 0 Å². The van der Waals surface area contributed by atoms with Crippen molar-refractivity contribution >= 4 is 46.4 Å². The predicted molar refractivity (Wildman–Crippen MR) is 50.3 cm³/mol. The fourth-order valence-corrected chi connectivity index (χ4v) is 2.16. The van der Waals surface area contributed by atoms with Crippen LogP contribution in [-0.4, -0.2) is 43.2 Å². The Morgan fingerprint density at radius 1 is 1.56 bits per heavy atom. The monoisotopic (exact) mass is 279 g/mol. The molecular weight excluding hydrogens is 266 g/mol. The van der Waals surface area contributed by atoms with E-state index in [4.69, 9.17) is 12.2 Å². The first-order chi connectivity index (χ1) is 4.26. The molecule has 0 amide bonds. The molecule has 0 aliphatic heterocycles. The van der Waals surface area contributed by atoms with E-state index in [1.165, 1.54) is 0 Å². The zero-order chi connectivity index (χ0) is 7.28. The zero-order valence-corrected chi connectivity index (χ0v) is 9.81. The van der Waals surface area contributed by atoms with Gasteiger partial charge in [-0.15, -0.1) is 0 Å². The Bertz CT molecular complexity index is 93.0. The van der Waals surface area contributed by atoms with Crippen LogP contribution in [0.15, 0.2) is 0 Å². The number of hydrogen-bond acceptors (Lipinski definition) is 2. The van der Waals surface area contributed by atoms with E-state index in [1.54, 1.807) is 29.9 Å². The van der Waals surface area contributed by atoms with Gasteiger partial charge in [-0.2, -0.15) is 0 Å². The molecule has 0 aliphatic carbocycles. The van der Waals surface area contributed by atoms with Gasteiger partial charge in [-0.3, -0.25) is 0 Å². The minimum absolute atomic E-state index is 1.02. The van der Waals surface area contributed by atoms with Gasteiger partial charge in [0, 0.05) is 0 Å². The van der Waals surface area contributed by atoms with Crippen LogP contribution in [-0.2, 0) is 0 Å². The Morgan fingerprint density at radius 2 is 2.00 bits per heavy atom. The summed E-state index contributed by atoms with van der Waals surface area (Å²) in [5, 5.41) is 0. The molecule has 0 atom stereocenters. The third-order valence-corrected chi connectivity index (χ3v) is 4.61. The van der Waals surface area contributed by atoms with Crippen molar-refractivity contribution in [3.05, 3.63) is 0 Å². The van der Waals surface area contributed by atoms with Gasteiger partial charge in [-0.1, -0.05) is 0 Å². The number of hydrogen-bond donors (Lipinski definition) is 0. The minimum atomic E-state index is 1.02. The molecule has 9 heavy (non-hydrogen) atoms. The normalized spacial score (nSPS) is 9.22. The molecule has 54 valence electrons. The van der Waals surface area contributed by atoms with Crippen LogP contribution in [0.2, 0.25) is 0 Å². The van der Waals surface area contributed by atoms with E-state index in [1.807, 2.05) is 0 Å². The molecule has 0 aromatic carbocycles. The topological polar surface area (TPSA) is 3.24 Å². The molecule has 0 N–H and O–H groups in total. The van der Waals surface area contributed by atoms with E-state index in [0.29, 0.717) is 0 Å². The average molecular weight is 277 g/mol. The fraction of sp³-hybridized carbons (Fsp3) is 0.800. The summed E-state index contributed by atoms with van der Waals surface area (Å²) in [5.74, 6) is 0. The number of rotatable bonds is 2. The van der Waals surface area contributed by atoms with Crippen molar-refractivity contribution in [1.29, 1.82) is 0 Å². The maximum atomic E-state index is 5.08. The van der Waals surface area contributed by atoms with Gasteiger partial charge in [0.25, 0.3) is 0 Å². The van der Waals surface area contributed by atoms with Crippen LogP contribution in [0.25, 0.3) is 0 Å². The van der Waals surface area contributed by atoms with Crippen LogP contribution in [0.5, 0.6) is 0 Å². The average Bonchev–Trinajstić information content (AvgIpc) is 1.90. The standard InChI is InChI=1S/C5H11NS2Te/c1-3-6(4-2)5(7)8-9/h9H,3-4H2,1-2H3. The molecule has 0 rings (SSSR count). The van der Waals surface area contributed by atoms with Gasteiger partial charge >= 0.3 is 78.3 Å². The zero-order valence-electron chi connectivity index (χ0n) is 5.63. The van der Waals surface area contributed by atoms with Crippen LogP contribution in [0, 0.1) is 0 Å². The van der Waals surface area contributed by atoms with Crippen molar-refractivity contribution in [3.63, 3.8) is 0 Å². The molecule has 4 heteroatoms. The SMILES string of the molecule is CCN(CC)C(=S)S[TeH]. The molecule has 0 unspecified atom stereocenters. The van der Waals surface area contributed by atoms with Crippen molar-refractivity contribution in [3.8, 4) is 0 Å². The summed E-state index contributed by atoms with van der Waals surface area (Å²) in [4.78, 5) is 2.18. The molecule has 0 bridgehead atoms. The Kier molecular flexibility index (Phi) is 6.45. The third kappa shape index (κ3) is 3.67. The molecule has 0 radical (unpaired) electrons. The molecule has 0 spiro atoms. The van der Waals surface area contributed by atoms with Gasteiger partial charge in [-0.05, 0) is 0 Å². The summed E-state index contributed by atoms with van der Waals surface area (Å²) in [6.45, 7) is 6.31. The third-order valence-electron chi connectivity index (χ3n) is 1.10. The number of thiocarbonyl (C=S) groups is 1. The molecule has 0 aromatic heterocycles. The van der Waals surface area contributed by atoms with Crippen LogP contribution in [0.1, 0.15) is 13.8 Å². The molecule has 0 saturated carbocycles. The quantitative estimate of drug-likeness (QED) is 0.551. The summed E-state index contributed by atoms with van der Waals surface area (Å²) in [7, 11) is 1.69. The Morgan fingerprint density at radius 3 is 2.11 bits per heavy atom. The summed E-state index contributed by atoms with van der Waals surface area (Å²) < 4.78 is 1.02. The van der Waals surface area contributed by atoms with Crippen LogP contribution >= 0.6 is 21.2 Å². The number of nitrogens with zero attached hydrogens (tertiary/aromatic N) is 1. The summed E-state index contributed by atoms with van der Waals surface area (Å²) >= 11 is 6.77. The maximum absolute atomic E-state index is 5.08. The van der Waals surface area contributed by atoms with Crippen molar-refractivity contribution in [2.45, 2.75) is 13.8 Å². The van der Waals surface area contributed by atoms with Gasteiger partial charge in [0.1, 0.15) is 0 Å². The van der Waals surface area contributed by atoms with Gasteiger partial charge < -0.3 is 0 Å². The fourth-order valence-electron chi connectivity index (χ4n) is 0.540. The second-order valence-electron chi connectivity index (χ2n) is 1.53. The second kappa shape index (κ2) is 5.79. The molecule has 0 aromatic rings. The Balaban J connectivity index is 3.64. The van der Waals surface area contributed by atoms with E-state index in [-0.39, 0.29) is 0 Å². The Labute approximate surface area is 77.9 Å². The van der Waals surface area contributed by atoms with Crippen molar-refractivity contribution in [2.24, 2.45) is 0 Å². The summed E-state index contributed by atoms with van der Waals surface area (Å²) in [5.41, 5.74) is 0. The van der Waals surface area contributed by atoms with E-state index in [2.05, 4.69) is 18.7 Å². The van der Waals surface area contributed by atoms with Gasteiger partial charge in [0.05, 0.1) is 0 Å². The van der Waals surface area contributed by atoms with Gasteiger partial charge in [0.15, 0.2) is 0 Å². The molecule has 0 fully saturated rings. The molecular formula is C5H11NS2Te. The van der Waals surface area contributed by atoms with Crippen molar-refractivity contribution in [2.75, 3.05) is 13.1 Å². The predicted octanol–water partition coefficient (Wildman–Crippen LogP) is 1.16. The van der Waals surface area contributed by atoms with Crippen molar-refractivity contribution < 1.29 is 0 Å². The van der Waals surface area contributed by atoms with Gasteiger partial charge in [0.2, 0.25) is 0 Å². The summed E-state index contributed by atoms with van der Waals surface area (Å²) in [6, 6.07) is 0.